The van der Waals surface area contributed by atoms with Gasteiger partial charge in [-0.15, -0.1) is 0 Å². The second kappa shape index (κ2) is 6.19. The fraction of sp³-hybridized carbons (Fsp3) is 0.900. The van der Waals surface area contributed by atoms with Crippen LogP contribution in [0.5, 0.6) is 0 Å². The molecule has 1 fully saturated rings. The molecule has 0 spiro atoms. The average molecular weight is 215 g/mol. The summed E-state index contributed by atoms with van der Waals surface area (Å²) in [5, 5.41) is 7.37. The molecule has 0 amide bonds. The van der Waals surface area contributed by atoms with Crippen LogP contribution in [0.2, 0.25) is 0 Å². The first kappa shape index (κ1) is 11.7. The van der Waals surface area contributed by atoms with E-state index in [4.69, 9.17) is 12.2 Å². The van der Waals surface area contributed by atoms with E-state index < -0.39 is 0 Å². The lowest BCUT2D eigenvalue weighted by Crippen LogP contribution is -2.49. The molecule has 2 N–H and O–H groups in total. The zero-order chi connectivity index (χ0) is 10.4. The van der Waals surface area contributed by atoms with Gasteiger partial charge in [0.15, 0.2) is 5.11 Å². The van der Waals surface area contributed by atoms with Crippen LogP contribution in [-0.4, -0.2) is 42.7 Å². The minimum Gasteiger partial charge on any atom is -0.363 e. The molecule has 3 nitrogen and oxygen atoms in total. The average Bonchev–Trinajstić information content (AvgIpc) is 2.15. The van der Waals surface area contributed by atoms with Crippen molar-refractivity contribution in [1.82, 2.24) is 15.5 Å². The van der Waals surface area contributed by atoms with E-state index in [2.05, 4.69) is 29.5 Å². The third-order valence-corrected chi connectivity index (χ3v) is 2.76. The topological polar surface area (TPSA) is 27.3 Å². The highest BCUT2D eigenvalue weighted by atomic mass is 32.1. The van der Waals surface area contributed by atoms with Crippen molar-refractivity contribution in [1.29, 1.82) is 0 Å². The van der Waals surface area contributed by atoms with Crippen LogP contribution in [0.1, 0.15) is 26.2 Å². The molecule has 1 aliphatic rings. The fourth-order valence-corrected chi connectivity index (χ4v) is 2.03. The molecule has 0 bridgehead atoms. The Morgan fingerprint density at radius 2 is 2.36 bits per heavy atom. The molecule has 0 aromatic carbocycles. The van der Waals surface area contributed by atoms with Gasteiger partial charge in [-0.1, -0.05) is 6.92 Å². The van der Waals surface area contributed by atoms with Gasteiger partial charge in [-0.25, -0.2) is 0 Å². The van der Waals surface area contributed by atoms with Gasteiger partial charge in [-0.2, -0.15) is 0 Å². The van der Waals surface area contributed by atoms with Gasteiger partial charge in [0.25, 0.3) is 0 Å². The van der Waals surface area contributed by atoms with Crippen molar-refractivity contribution in [2.45, 2.75) is 32.2 Å². The highest BCUT2D eigenvalue weighted by Crippen LogP contribution is 2.07. The summed E-state index contributed by atoms with van der Waals surface area (Å²) >= 11 is 5.20. The first-order chi connectivity index (χ1) is 6.72. The van der Waals surface area contributed by atoms with Crippen molar-refractivity contribution < 1.29 is 0 Å². The van der Waals surface area contributed by atoms with Crippen LogP contribution >= 0.6 is 12.2 Å². The Hall–Kier alpha value is -0.350. The molecule has 1 saturated heterocycles. The molecule has 0 aliphatic carbocycles. The van der Waals surface area contributed by atoms with Crippen molar-refractivity contribution in [3.05, 3.63) is 0 Å². The highest BCUT2D eigenvalue weighted by molar-refractivity contribution is 7.80. The predicted molar refractivity (Wildman–Crippen MR) is 64.5 cm³/mol. The molecule has 1 heterocycles. The normalized spacial score (nSPS) is 23.1. The third kappa shape index (κ3) is 4.24. The second-order valence-corrected chi connectivity index (χ2v) is 4.41. The van der Waals surface area contributed by atoms with E-state index in [0.717, 1.165) is 24.6 Å². The first-order valence-corrected chi connectivity index (χ1v) is 5.86. The zero-order valence-corrected chi connectivity index (χ0v) is 9.99. The van der Waals surface area contributed by atoms with Crippen molar-refractivity contribution in [3.63, 3.8) is 0 Å². The summed E-state index contributed by atoms with van der Waals surface area (Å²) in [4.78, 5) is 2.35. The standard InChI is InChI=1S/C10H21N3S/c1-3-6-11-10(14)12-9-5-4-7-13(2)8-9/h9H,3-8H2,1-2H3,(H2,11,12,14). The molecular weight excluding hydrogens is 194 g/mol. The van der Waals surface area contributed by atoms with Crippen molar-refractivity contribution >= 4 is 17.3 Å². The molecule has 4 heteroatoms. The number of thiocarbonyl (C=S) groups is 1. The van der Waals surface area contributed by atoms with E-state index >= 15 is 0 Å². The highest BCUT2D eigenvalue weighted by Gasteiger charge is 2.17. The zero-order valence-electron chi connectivity index (χ0n) is 9.18. The molecule has 1 aliphatic heterocycles. The fourth-order valence-electron chi connectivity index (χ4n) is 1.76. The van der Waals surface area contributed by atoms with E-state index in [1.807, 2.05) is 0 Å². The Morgan fingerprint density at radius 3 is 3.00 bits per heavy atom. The van der Waals surface area contributed by atoms with Gasteiger partial charge in [-0.3, -0.25) is 0 Å². The molecule has 0 aromatic heterocycles. The Kier molecular flexibility index (Phi) is 5.19. The molecule has 14 heavy (non-hydrogen) atoms. The lowest BCUT2D eigenvalue weighted by Gasteiger charge is -2.31. The van der Waals surface area contributed by atoms with Crippen LogP contribution in [0, 0.1) is 0 Å². The molecule has 0 radical (unpaired) electrons. The quantitative estimate of drug-likeness (QED) is 0.686. The monoisotopic (exact) mass is 215 g/mol. The Morgan fingerprint density at radius 1 is 1.57 bits per heavy atom. The number of hydrogen-bond donors (Lipinski definition) is 2. The van der Waals surface area contributed by atoms with Gasteiger partial charge in [0, 0.05) is 19.1 Å². The Labute approximate surface area is 92.2 Å². The molecule has 0 saturated carbocycles. The van der Waals surface area contributed by atoms with E-state index in [1.165, 1.54) is 19.4 Å². The number of rotatable bonds is 3. The summed E-state index contributed by atoms with van der Waals surface area (Å²) < 4.78 is 0. The van der Waals surface area contributed by atoms with E-state index in [0.29, 0.717) is 6.04 Å². The third-order valence-electron chi connectivity index (χ3n) is 2.50. The van der Waals surface area contributed by atoms with Gasteiger partial charge in [-0.05, 0) is 45.1 Å². The summed E-state index contributed by atoms with van der Waals surface area (Å²) in [5.74, 6) is 0. The Bertz CT molecular complexity index is 184. The van der Waals surface area contributed by atoms with Crippen LogP contribution in [0.3, 0.4) is 0 Å². The van der Waals surface area contributed by atoms with Gasteiger partial charge in [0.05, 0.1) is 0 Å². The Balaban J connectivity index is 2.18. The molecule has 1 atom stereocenters. The molecule has 0 aromatic rings. The number of piperidine rings is 1. The smallest absolute Gasteiger partial charge is 0.166 e. The van der Waals surface area contributed by atoms with Crippen molar-refractivity contribution in [2.24, 2.45) is 0 Å². The molecule has 1 rings (SSSR count). The molecule has 1 unspecified atom stereocenters. The largest absolute Gasteiger partial charge is 0.363 e. The van der Waals surface area contributed by atoms with E-state index in [9.17, 15) is 0 Å². The van der Waals surface area contributed by atoms with Crippen LogP contribution in [0.4, 0.5) is 0 Å². The second-order valence-electron chi connectivity index (χ2n) is 4.00. The van der Waals surface area contributed by atoms with Gasteiger partial charge >= 0.3 is 0 Å². The summed E-state index contributed by atoms with van der Waals surface area (Å²) in [5.41, 5.74) is 0. The lowest BCUT2D eigenvalue weighted by atomic mass is 10.1. The molecule has 82 valence electrons. The number of hydrogen-bond acceptors (Lipinski definition) is 2. The van der Waals surface area contributed by atoms with E-state index in [1.54, 1.807) is 0 Å². The summed E-state index contributed by atoms with van der Waals surface area (Å²) in [6.45, 7) is 5.43. The van der Waals surface area contributed by atoms with Crippen LogP contribution in [0.15, 0.2) is 0 Å². The minimum absolute atomic E-state index is 0.533. The number of likely N-dealkylation sites (tertiary alicyclic amines) is 1. The molecular formula is C10H21N3S. The maximum absolute atomic E-state index is 5.20. The van der Waals surface area contributed by atoms with Gasteiger partial charge in [0.1, 0.15) is 0 Å². The van der Waals surface area contributed by atoms with Crippen LogP contribution < -0.4 is 10.6 Å². The van der Waals surface area contributed by atoms with E-state index in [-0.39, 0.29) is 0 Å². The minimum atomic E-state index is 0.533. The lowest BCUT2D eigenvalue weighted by molar-refractivity contribution is 0.241. The van der Waals surface area contributed by atoms with Crippen molar-refractivity contribution in [2.75, 3.05) is 26.7 Å². The van der Waals surface area contributed by atoms with Gasteiger partial charge < -0.3 is 15.5 Å². The maximum Gasteiger partial charge on any atom is 0.166 e. The van der Waals surface area contributed by atoms with Gasteiger partial charge in [0.2, 0.25) is 0 Å². The summed E-state index contributed by atoms with van der Waals surface area (Å²) in [6, 6.07) is 0.533. The van der Waals surface area contributed by atoms with Crippen molar-refractivity contribution in [3.8, 4) is 0 Å². The summed E-state index contributed by atoms with van der Waals surface area (Å²) in [7, 11) is 2.16. The summed E-state index contributed by atoms with van der Waals surface area (Å²) in [6.07, 6.45) is 3.62. The number of likely N-dealkylation sites (N-methyl/N-ethyl adjacent to an activating group) is 1. The number of nitrogens with one attached hydrogen (secondary N) is 2. The number of nitrogens with zero attached hydrogens (tertiary/aromatic N) is 1. The van der Waals surface area contributed by atoms with Crippen LogP contribution in [0.25, 0.3) is 0 Å². The predicted octanol–water partition coefficient (Wildman–Crippen LogP) is 0.955. The first-order valence-electron chi connectivity index (χ1n) is 5.45. The maximum atomic E-state index is 5.20. The SMILES string of the molecule is CCCNC(=S)NC1CCCN(C)C1. The van der Waals surface area contributed by atoms with Crippen LogP contribution in [-0.2, 0) is 0 Å².